The number of hydrogen-bond acceptors (Lipinski definition) is 2. The van der Waals surface area contributed by atoms with Crippen LogP contribution >= 0.6 is 11.9 Å². The van der Waals surface area contributed by atoms with E-state index in [1.807, 2.05) is 0 Å². The topological polar surface area (TPSA) is 26.3 Å². The molecule has 106 valence electrons. The van der Waals surface area contributed by atoms with E-state index in [9.17, 15) is 4.79 Å². The van der Waals surface area contributed by atoms with Crippen molar-refractivity contribution in [1.29, 1.82) is 0 Å². The highest BCUT2D eigenvalue weighted by atomic mass is 35.5. The minimum Gasteiger partial charge on any atom is -0.343 e. The van der Waals surface area contributed by atoms with Crippen LogP contribution in [0.25, 0.3) is 0 Å². The zero-order chi connectivity index (χ0) is 14.9. The normalized spacial score (nSPS) is 10.2. The minimum absolute atomic E-state index is 0.301. The van der Waals surface area contributed by atoms with Gasteiger partial charge in [-0.2, -0.15) is 0 Å². The second-order valence-electron chi connectivity index (χ2n) is 5.04. The Labute approximate surface area is 121 Å². The Bertz CT molecular complexity index is 402. The van der Waals surface area contributed by atoms with Crippen LogP contribution in [0.5, 0.6) is 0 Å². The van der Waals surface area contributed by atoms with E-state index in [0.29, 0.717) is 5.57 Å². The lowest BCUT2D eigenvalue weighted by Crippen LogP contribution is -2.38. The van der Waals surface area contributed by atoms with E-state index in [0.717, 1.165) is 11.0 Å². The molecule has 0 bridgehead atoms. The third-order valence-corrected chi connectivity index (χ3v) is 2.87. The molecule has 0 saturated heterocycles. The van der Waals surface area contributed by atoms with Crippen molar-refractivity contribution in [2.75, 3.05) is 20.6 Å². The predicted molar refractivity (Wildman–Crippen MR) is 79.6 cm³/mol. The SMILES string of the molecule is C=C(C)C(=O)OCl.CC[N+](C)(C)Cc1ccccc1. The first kappa shape index (κ1) is 17.7. The van der Waals surface area contributed by atoms with Crippen LogP contribution in [0, 0.1) is 0 Å². The summed E-state index contributed by atoms with van der Waals surface area (Å²) in [7, 11) is 4.51. The van der Waals surface area contributed by atoms with Crippen LogP contribution in [-0.4, -0.2) is 31.1 Å². The third-order valence-electron chi connectivity index (χ3n) is 2.73. The fourth-order valence-corrected chi connectivity index (χ4v) is 1.39. The Kier molecular flexibility index (Phi) is 8.12. The lowest BCUT2D eigenvalue weighted by Gasteiger charge is -2.28. The molecular weight excluding hydrogens is 262 g/mol. The molecule has 0 atom stereocenters. The van der Waals surface area contributed by atoms with Crippen LogP contribution in [-0.2, 0) is 15.6 Å². The summed E-state index contributed by atoms with van der Waals surface area (Å²) in [4.78, 5) is 10.1. The van der Waals surface area contributed by atoms with E-state index < -0.39 is 5.97 Å². The molecular formula is C15H23ClNO2+. The Morgan fingerprint density at radius 2 is 1.84 bits per heavy atom. The summed E-state index contributed by atoms with van der Waals surface area (Å²) in [6.07, 6.45) is 0. The van der Waals surface area contributed by atoms with E-state index in [1.165, 1.54) is 19.0 Å². The molecule has 0 amide bonds. The molecule has 3 nitrogen and oxygen atoms in total. The van der Waals surface area contributed by atoms with Gasteiger partial charge in [0.1, 0.15) is 18.4 Å². The standard InChI is InChI=1S/C11H18N.C4H5ClO2/c1-4-12(2,3)10-11-8-6-5-7-9-11;1-3(2)4(6)7-5/h5-9H,4,10H2,1-3H3;1H2,2H3/q+1;. The maximum Gasteiger partial charge on any atom is 0.351 e. The summed E-state index contributed by atoms with van der Waals surface area (Å²) in [5.74, 6) is -0.582. The van der Waals surface area contributed by atoms with Crippen molar-refractivity contribution in [3.8, 4) is 0 Å². The van der Waals surface area contributed by atoms with Gasteiger partial charge in [0, 0.05) is 11.1 Å². The molecule has 0 aliphatic carbocycles. The van der Waals surface area contributed by atoms with Gasteiger partial charge in [0.15, 0.2) is 0 Å². The van der Waals surface area contributed by atoms with Crippen LogP contribution in [0.2, 0.25) is 0 Å². The van der Waals surface area contributed by atoms with Crippen molar-refractivity contribution < 1.29 is 13.6 Å². The quantitative estimate of drug-likeness (QED) is 0.624. The molecule has 1 rings (SSSR count). The second kappa shape index (κ2) is 8.73. The maximum absolute atomic E-state index is 10.1. The molecule has 0 heterocycles. The van der Waals surface area contributed by atoms with Gasteiger partial charge in [-0.25, -0.2) is 4.79 Å². The van der Waals surface area contributed by atoms with Crippen LogP contribution in [0.3, 0.4) is 0 Å². The van der Waals surface area contributed by atoms with Crippen molar-refractivity contribution in [3.05, 3.63) is 48.0 Å². The van der Waals surface area contributed by atoms with Crippen molar-refractivity contribution in [1.82, 2.24) is 0 Å². The van der Waals surface area contributed by atoms with Gasteiger partial charge in [-0.1, -0.05) is 36.9 Å². The number of rotatable bonds is 4. The predicted octanol–water partition coefficient (Wildman–Crippen LogP) is 3.54. The molecule has 0 aliphatic heterocycles. The van der Waals surface area contributed by atoms with Crippen molar-refractivity contribution in [2.24, 2.45) is 0 Å². The van der Waals surface area contributed by atoms with Gasteiger partial charge in [-0.05, 0) is 13.8 Å². The number of quaternary nitrogens is 1. The molecule has 0 fully saturated rings. The number of nitrogens with zero attached hydrogens (tertiary/aromatic N) is 1. The molecule has 0 N–H and O–H groups in total. The Morgan fingerprint density at radius 1 is 1.32 bits per heavy atom. The summed E-state index contributed by atoms with van der Waals surface area (Å²) >= 11 is 4.64. The van der Waals surface area contributed by atoms with Crippen LogP contribution in [0.4, 0.5) is 0 Å². The highest BCUT2D eigenvalue weighted by Crippen LogP contribution is 2.07. The molecule has 0 unspecified atom stereocenters. The Balaban J connectivity index is 0.000000399. The van der Waals surface area contributed by atoms with E-state index in [-0.39, 0.29) is 0 Å². The first-order chi connectivity index (χ1) is 8.82. The average molecular weight is 285 g/mol. The summed E-state index contributed by atoms with van der Waals surface area (Å²) in [5.41, 5.74) is 1.72. The van der Waals surface area contributed by atoms with Crippen molar-refractivity contribution >= 4 is 17.8 Å². The lowest BCUT2D eigenvalue weighted by atomic mass is 10.2. The zero-order valence-electron chi connectivity index (χ0n) is 12.1. The first-order valence-electron chi connectivity index (χ1n) is 6.16. The fraction of sp³-hybridized carbons (Fsp3) is 0.400. The number of hydrogen-bond donors (Lipinski definition) is 0. The molecule has 4 heteroatoms. The molecule has 0 radical (unpaired) electrons. The Hall–Kier alpha value is -1.32. The molecule has 0 aliphatic rings. The molecule has 0 spiro atoms. The van der Waals surface area contributed by atoms with Gasteiger partial charge < -0.3 is 8.77 Å². The summed E-state index contributed by atoms with van der Waals surface area (Å²) in [5, 5.41) is 0. The fourth-order valence-electron chi connectivity index (χ4n) is 1.26. The average Bonchev–Trinajstić information content (AvgIpc) is 2.39. The van der Waals surface area contributed by atoms with E-state index in [1.54, 1.807) is 0 Å². The monoisotopic (exact) mass is 284 g/mol. The summed E-state index contributed by atoms with van der Waals surface area (Å²) < 4.78 is 4.80. The first-order valence-corrected chi connectivity index (χ1v) is 6.47. The van der Waals surface area contributed by atoms with Gasteiger partial charge in [0.25, 0.3) is 0 Å². The highest BCUT2D eigenvalue weighted by molar-refractivity contribution is 6.15. The van der Waals surface area contributed by atoms with E-state index >= 15 is 0 Å². The molecule has 0 aromatic heterocycles. The third kappa shape index (κ3) is 8.41. The van der Waals surface area contributed by atoms with E-state index in [4.69, 9.17) is 0 Å². The van der Waals surface area contributed by atoms with E-state index in [2.05, 4.69) is 74.1 Å². The minimum atomic E-state index is -0.582. The summed E-state index contributed by atoms with van der Waals surface area (Å²) in [6.45, 7) is 9.31. The maximum atomic E-state index is 10.1. The largest absolute Gasteiger partial charge is 0.351 e. The van der Waals surface area contributed by atoms with Crippen molar-refractivity contribution in [3.63, 3.8) is 0 Å². The van der Waals surface area contributed by atoms with Crippen LogP contribution in [0.15, 0.2) is 42.5 Å². The molecule has 0 saturated carbocycles. The molecule has 1 aromatic rings. The Morgan fingerprint density at radius 3 is 2.16 bits per heavy atom. The smallest absolute Gasteiger partial charge is 0.343 e. The number of carbonyl (C=O) groups is 1. The summed E-state index contributed by atoms with van der Waals surface area (Å²) in [6, 6.07) is 10.6. The second-order valence-corrected chi connectivity index (χ2v) is 5.19. The van der Waals surface area contributed by atoms with Crippen molar-refractivity contribution in [2.45, 2.75) is 20.4 Å². The van der Waals surface area contributed by atoms with Crippen LogP contribution in [0.1, 0.15) is 19.4 Å². The van der Waals surface area contributed by atoms with Gasteiger partial charge in [-0.15, -0.1) is 0 Å². The number of benzene rings is 1. The van der Waals surface area contributed by atoms with Gasteiger partial charge in [0.05, 0.1) is 20.6 Å². The molecule has 1 aromatic carbocycles. The zero-order valence-corrected chi connectivity index (χ0v) is 12.9. The van der Waals surface area contributed by atoms with Crippen LogP contribution < -0.4 is 0 Å². The number of halogens is 1. The van der Waals surface area contributed by atoms with Gasteiger partial charge in [-0.3, -0.25) is 0 Å². The van der Waals surface area contributed by atoms with Gasteiger partial charge >= 0.3 is 5.97 Å². The molecule has 19 heavy (non-hydrogen) atoms. The van der Waals surface area contributed by atoms with Gasteiger partial charge in [0.2, 0.25) is 0 Å². The lowest BCUT2D eigenvalue weighted by molar-refractivity contribution is -0.901. The number of carbonyl (C=O) groups excluding carboxylic acids is 1. The highest BCUT2D eigenvalue weighted by Gasteiger charge is 2.11.